The third kappa shape index (κ3) is 4.11. The summed E-state index contributed by atoms with van der Waals surface area (Å²) in [5.74, 6) is 0.140. The Morgan fingerprint density at radius 3 is 2.65 bits per heavy atom. The lowest BCUT2D eigenvalue weighted by atomic mass is 9.74. The van der Waals surface area contributed by atoms with Gasteiger partial charge in [-0.15, -0.1) is 0 Å². The number of anilines is 1. The van der Waals surface area contributed by atoms with Crippen LogP contribution < -0.4 is 4.90 Å². The van der Waals surface area contributed by atoms with E-state index < -0.39 is 22.7 Å². The highest BCUT2D eigenvalue weighted by atomic mass is 19.4. The molecule has 3 aliphatic heterocycles. The minimum atomic E-state index is -4.62. The van der Waals surface area contributed by atoms with Gasteiger partial charge in [-0.2, -0.15) is 18.4 Å². The number of ether oxygens (including phenoxy) is 1. The van der Waals surface area contributed by atoms with E-state index >= 15 is 0 Å². The van der Waals surface area contributed by atoms with Crippen molar-refractivity contribution >= 4 is 11.6 Å². The molecule has 31 heavy (non-hydrogen) atoms. The quantitative estimate of drug-likeness (QED) is 0.787. The molecule has 0 aromatic heterocycles. The minimum absolute atomic E-state index is 0.0615. The molecule has 2 atom stereocenters. The Hall–Kier alpha value is -2.31. The minimum Gasteiger partial charge on any atom is -0.396 e. The zero-order valence-corrected chi connectivity index (χ0v) is 17.2. The van der Waals surface area contributed by atoms with Crippen molar-refractivity contribution in [3.63, 3.8) is 0 Å². The standard InChI is InChI=1S/C22H26F3N3O3/c23-22(24,25)19-9-18(2-1-16(19)10-26)27-6-3-17-11-28(13-21(17,12-27)14-29)20(30)15-4-7-31-8-5-15/h1-2,9,15,17,29H,3-8,11-14H2/t17-,21+/m1/s1. The van der Waals surface area contributed by atoms with Gasteiger partial charge in [0.05, 0.1) is 23.8 Å². The summed E-state index contributed by atoms with van der Waals surface area (Å²) in [6, 6.07) is 5.35. The molecule has 0 aliphatic carbocycles. The second-order valence-corrected chi connectivity index (χ2v) is 8.87. The number of carbonyl (C=O) groups excluding carboxylic acids is 1. The van der Waals surface area contributed by atoms with Crippen LogP contribution >= 0.6 is 0 Å². The number of halogens is 3. The zero-order chi connectivity index (χ0) is 22.2. The first-order valence-electron chi connectivity index (χ1n) is 10.6. The number of aliphatic hydroxyl groups excluding tert-OH is 1. The van der Waals surface area contributed by atoms with E-state index in [2.05, 4.69) is 0 Å². The summed E-state index contributed by atoms with van der Waals surface area (Å²) < 4.78 is 45.5. The fraction of sp³-hybridized carbons (Fsp3) is 0.636. The summed E-state index contributed by atoms with van der Waals surface area (Å²) in [5.41, 5.74) is -1.54. The highest BCUT2D eigenvalue weighted by Crippen LogP contribution is 2.44. The molecule has 1 amide bonds. The second-order valence-electron chi connectivity index (χ2n) is 8.87. The maximum Gasteiger partial charge on any atom is 0.417 e. The van der Waals surface area contributed by atoms with Gasteiger partial charge >= 0.3 is 6.18 Å². The number of piperidine rings is 1. The predicted molar refractivity (Wildman–Crippen MR) is 106 cm³/mol. The Balaban J connectivity index is 1.54. The Bertz CT molecular complexity index is 879. The number of aliphatic hydroxyl groups is 1. The molecular weight excluding hydrogens is 411 g/mol. The lowest BCUT2D eigenvalue weighted by Crippen LogP contribution is -2.51. The molecule has 1 aromatic carbocycles. The van der Waals surface area contributed by atoms with Gasteiger partial charge in [0.2, 0.25) is 5.91 Å². The van der Waals surface area contributed by atoms with Gasteiger partial charge in [0.15, 0.2) is 0 Å². The Labute approximate surface area is 179 Å². The van der Waals surface area contributed by atoms with Crippen molar-refractivity contribution in [1.82, 2.24) is 4.90 Å². The van der Waals surface area contributed by atoms with Crippen molar-refractivity contribution in [3.8, 4) is 6.07 Å². The monoisotopic (exact) mass is 437 g/mol. The smallest absolute Gasteiger partial charge is 0.396 e. The van der Waals surface area contributed by atoms with Gasteiger partial charge in [0.25, 0.3) is 0 Å². The first-order valence-corrected chi connectivity index (χ1v) is 10.6. The summed E-state index contributed by atoms with van der Waals surface area (Å²) in [7, 11) is 0. The Morgan fingerprint density at radius 2 is 2.00 bits per heavy atom. The van der Waals surface area contributed by atoms with Crippen molar-refractivity contribution in [2.75, 3.05) is 50.9 Å². The molecule has 3 heterocycles. The number of fused-ring (bicyclic) bond motifs is 1. The fourth-order valence-electron chi connectivity index (χ4n) is 5.26. The third-order valence-electron chi connectivity index (χ3n) is 7.06. The van der Waals surface area contributed by atoms with Crippen LogP contribution in [0.5, 0.6) is 0 Å². The zero-order valence-electron chi connectivity index (χ0n) is 17.2. The molecule has 0 unspecified atom stereocenters. The van der Waals surface area contributed by atoms with E-state index in [4.69, 9.17) is 10.00 Å². The number of nitrogens with zero attached hydrogens (tertiary/aromatic N) is 3. The molecule has 168 valence electrons. The topological polar surface area (TPSA) is 76.8 Å². The van der Waals surface area contributed by atoms with Crippen LogP contribution in [0.1, 0.15) is 30.4 Å². The van der Waals surface area contributed by atoms with Crippen LogP contribution in [0.4, 0.5) is 18.9 Å². The fourth-order valence-corrected chi connectivity index (χ4v) is 5.26. The number of nitriles is 1. The number of benzene rings is 1. The molecule has 0 spiro atoms. The first-order chi connectivity index (χ1) is 14.8. The third-order valence-corrected chi connectivity index (χ3v) is 7.06. The lowest BCUT2D eigenvalue weighted by Gasteiger charge is -2.44. The molecule has 3 fully saturated rings. The van der Waals surface area contributed by atoms with Crippen LogP contribution in [0.25, 0.3) is 0 Å². The number of rotatable bonds is 3. The largest absolute Gasteiger partial charge is 0.417 e. The Kier molecular flexibility index (Phi) is 5.88. The predicted octanol–water partition coefficient (Wildman–Crippen LogP) is 2.65. The number of hydrogen-bond donors (Lipinski definition) is 1. The summed E-state index contributed by atoms with van der Waals surface area (Å²) in [6.45, 7) is 2.91. The normalized spacial score (nSPS) is 27.1. The molecule has 0 saturated carbocycles. The second kappa shape index (κ2) is 8.32. The lowest BCUT2D eigenvalue weighted by molar-refractivity contribution is -0.138. The van der Waals surface area contributed by atoms with E-state index in [0.717, 1.165) is 6.07 Å². The van der Waals surface area contributed by atoms with Gasteiger partial charge in [-0.05, 0) is 43.4 Å². The number of amides is 1. The first kappa shape index (κ1) is 21.9. The number of hydrogen-bond acceptors (Lipinski definition) is 5. The van der Waals surface area contributed by atoms with E-state index in [0.29, 0.717) is 64.3 Å². The molecule has 1 N–H and O–H groups in total. The van der Waals surface area contributed by atoms with Crippen LogP contribution in [0, 0.1) is 28.6 Å². The van der Waals surface area contributed by atoms with E-state index in [9.17, 15) is 23.1 Å². The van der Waals surface area contributed by atoms with Crippen molar-refractivity contribution in [1.29, 1.82) is 5.26 Å². The van der Waals surface area contributed by atoms with Gasteiger partial charge in [-0.3, -0.25) is 4.79 Å². The summed E-state index contributed by atoms with van der Waals surface area (Å²) in [6.07, 6.45) is -2.54. The summed E-state index contributed by atoms with van der Waals surface area (Å²) in [5, 5.41) is 19.3. The van der Waals surface area contributed by atoms with Crippen molar-refractivity contribution in [2.45, 2.75) is 25.4 Å². The van der Waals surface area contributed by atoms with Crippen molar-refractivity contribution in [2.24, 2.45) is 17.3 Å². The van der Waals surface area contributed by atoms with Gasteiger partial charge in [0, 0.05) is 56.4 Å². The van der Waals surface area contributed by atoms with Gasteiger partial charge < -0.3 is 19.6 Å². The molecule has 9 heteroatoms. The molecule has 3 aliphatic rings. The van der Waals surface area contributed by atoms with Crippen LogP contribution in [-0.2, 0) is 15.7 Å². The number of carbonyl (C=O) groups is 1. The molecule has 0 radical (unpaired) electrons. The van der Waals surface area contributed by atoms with Crippen LogP contribution in [0.15, 0.2) is 18.2 Å². The van der Waals surface area contributed by atoms with Gasteiger partial charge in [-0.1, -0.05) is 0 Å². The molecule has 3 saturated heterocycles. The molecule has 0 bridgehead atoms. The maximum atomic E-state index is 13.4. The summed E-state index contributed by atoms with van der Waals surface area (Å²) in [4.78, 5) is 16.7. The van der Waals surface area contributed by atoms with Crippen molar-refractivity contribution < 1.29 is 27.8 Å². The maximum absolute atomic E-state index is 13.4. The average molecular weight is 437 g/mol. The van der Waals surface area contributed by atoms with Crippen molar-refractivity contribution in [3.05, 3.63) is 29.3 Å². The van der Waals surface area contributed by atoms with Crippen LogP contribution in [0.3, 0.4) is 0 Å². The molecular formula is C22H26F3N3O3. The summed E-state index contributed by atoms with van der Waals surface area (Å²) >= 11 is 0. The number of likely N-dealkylation sites (tertiary alicyclic amines) is 1. The average Bonchev–Trinajstić information content (AvgIpc) is 3.17. The molecule has 4 rings (SSSR count). The highest BCUT2D eigenvalue weighted by Gasteiger charge is 2.51. The molecule has 6 nitrogen and oxygen atoms in total. The van der Waals surface area contributed by atoms with E-state index in [1.165, 1.54) is 12.1 Å². The highest BCUT2D eigenvalue weighted by molar-refractivity contribution is 5.79. The van der Waals surface area contributed by atoms with Crippen LogP contribution in [-0.4, -0.2) is 61.9 Å². The SMILES string of the molecule is N#Cc1ccc(N2CC[C@@H]3CN(C(=O)C4CCOCC4)C[C@]3(CO)C2)cc1C(F)(F)F. The molecule has 1 aromatic rings. The van der Waals surface area contributed by atoms with E-state index in [1.807, 2.05) is 9.80 Å². The van der Waals surface area contributed by atoms with Gasteiger partial charge in [-0.25, -0.2) is 0 Å². The van der Waals surface area contributed by atoms with Gasteiger partial charge in [0.1, 0.15) is 0 Å². The van der Waals surface area contributed by atoms with E-state index in [-0.39, 0.29) is 24.3 Å². The number of alkyl halides is 3. The van der Waals surface area contributed by atoms with E-state index in [1.54, 1.807) is 6.07 Å². The van der Waals surface area contributed by atoms with Crippen LogP contribution in [0.2, 0.25) is 0 Å². The Morgan fingerprint density at radius 1 is 1.26 bits per heavy atom.